The highest BCUT2D eigenvalue weighted by atomic mass is 32.2. The summed E-state index contributed by atoms with van der Waals surface area (Å²) in [5.41, 5.74) is 7.69. The summed E-state index contributed by atoms with van der Waals surface area (Å²) < 4.78 is 31.0. The van der Waals surface area contributed by atoms with E-state index in [9.17, 15) is 37.5 Å². The molecule has 1 aromatic rings. The van der Waals surface area contributed by atoms with Crippen LogP contribution in [0, 0.1) is 5.92 Å². The fraction of sp³-hybridized carbons (Fsp3) is 0.741. The van der Waals surface area contributed by atoms with Crippen LogP contribution >= 0.6 is 0 Å². The summed E-state index contributed by atoms with van der Waals surface area (Å²) in [4.78, 5) is 66.0. The molecule has 16 nitrogen and oxygen atoms in total. The van der Waals surface area contributed by atoms with Gasteiger partial charge >= 0.3 is 6.09 Å². The lowest BCUT2D eigenvalue weighted by Gasteiger charge is -2.37. The number of amides is 4. The zero-order chi connectivity index (χ0) is 32.4. The molecule has 6 N–H and O–H groups in total. The molecule has 1 aromatic heterocycles. The van der Waals surface area contributed by atoms with Gasteiger partial charge in [-0.3, -0.25) is 19.2 Å². The van der Waals surface area contributed by atoms with Crippen LogP contribution < -0.4 is 16.8 Å². The standard InChI is InChI=1S/C27H41N7O9S/c1-26(2,40)20-14-30-32-34(20)17-13-18(23(37)31-27(21(35)22(28)36)8-10-44(41,42)11-9-27)33(15-17)24(38)19(43-25(29)39)12-16-6-4-3-5-7-16/h14,16-19,40H,3-13,15H2,1-2H3,(H2,28,36)(H2,29,39)(H,31,37)/t17-,18-,19+/m0/s1. The van der Waals surface area contributed by atoms with Crippen LogP contribution in [-0.2, 0) is 39.4 Å². The van der Waals surface area contributed by atoms with E-state index in [0.29, 0.717) is 5.69 Å². The van der Waals surface area contributed by atoms with Crippen LogP contribution in [0.1, 0.15) is 83.4 Å². The molecule has 2 saturated heterocycles. The molecule has 1 aliphatic carbocycles. The van der Waals surface area contributed by atoms with Crippen LogP contribution in [0.2, 0.25) is 0 Å². The number of carbonyl (C=O) groups excluding carboxylic acids is 5. The first-order valence-electron chi connectivity index (χ1n) is 14.8. The number of carbonyl (C=O) groups is 5. The lowest BCUT2D eigenvalue weighted by Crippen LogP contribution is -2.64. The number of ether oxygens (including phenoxy) is 1. The molecule has 3 atom stereocenters. The third-order valence-electron chi connectivity index (χ3n) is 8.92. The Morgan fingerprint density at radius 2 is 1.77 bits per heavy atom. The Hall–Kier alpha value is -3.60. The second kappa shape index (κ2) is 12.8. The summed E-state index contributed by atoms with van der Waals surface area (Å²) in [6.07, 6.45) is 3.05. The van der Waals surface area contributed by atoms with E-state index in [-0.39, 0.29) is 38.1 Å². The molecule has 3 aliphatic rings. The van der Waals surface area contributed by atoms with Crippen molar-refractivity contribution in [3.05, 3.63) is 11.9 Å². The van der Waals surface area contributed by atoms with Gasteiger partial charge in [-0.15, -0.1) is 5.10 Å². The third kappa shape index (κ3) is 7.36. The number of aliphatic hydroxyl groups is 1. The Balaban J connectivity index is 1.68. The van der Waals surface area contributed by atoms with Crippen LogP contribution in [-0.4, -0.2) is 98.8 Å². The van der Waals surface area contributed by atoms with Gasteiger partial charge in [0.1, 0.15) is 17.2 Å². The number of ketones is 1. The van der Waals surface area contributed by atoms with E-state index in [2.05, 4.69) is 15.6 Å². The first-order valence-corrected chi connectivity index (χ1v) is 16.6. The number of hydrogen-bond donors (Lipinski definition) is 4. The molecular formula is C27H41N7O9S. The molecule has 3 heterocycles. The van der Waals surface area contributed by atoms with Crippen LogP contribution in [0.5, 0.6) is 0 Å². The Bertz CT molecular complexity index is 1380. The Morgan fingerprint density at radius 1 is 1.14 bits per heavy atom. The summed E-state index contributed by atoms with van der Waals surface area (Å²) in [6.45, 7) is 2.96. The van der Waals surface area contributed by atoms with Crippen LogP contribution in [0.4, 0.5) is 4.79 Å². The van der Waals surface area contributed by atoms with Crippen LogP contribution in [0.25, 0.3) is 0 Å². The minimum absolute atomic E-state index is 0.0458. The maximum Gasteiger partial charge on any atom is 0.405 e. The van der Waals surface area contributed by atoms with Crippen molar-refractivity contribution in [3.63, 3.8) is 0 Å². The number of sulfone groups is 1. The fourth-order valence-corrected chi connectivity index (χ4v) is 8.06. The number of primary amides is 2. The number of Topliss-reactive ketones (excluding diaryl/α,β-unsaturated/α-hetero) is 1. The Morgan fingerprint density at radius 3 is 2.34 bits per heavy atom. The monoisotopic (exact) mass is 639 g/mol. The number of likely N-dealkylation sites (tertiary alicyclic amines) is 1. The largest absolute Gasteiger partial charge is 0.436 e. The predicted molar refractivity (Wildman–Crippen MR) is 153 cm³/mol. The number of nitrogens with zero attached hydrogens (tertiary/aromatic N) is 4. The minimum atomic E-state index is -3.51. The van der Waals surface area contributed by atoms with Crippen molar-refractivity contribution >= 4 is 39.4 Å². The average Bonchev–Trinajstić information content (AvgIpc) is 3.61. The highest BCUT2D eigenvalue weighted by Gasteiger charge is 2.51. The molecule has 0 aromatic carbocycles. The van der Waals surface area contributed by atoms with Crippen molar-refractivity contribution in [1.29, 1.82) is 0 Å². The highest BCUT2D eigenvalue weighted by molar-refractivity contribution is 7.91. The van der Waals surface area contributed by atoms with Gasteiger partial charge in [0.2, 0.25) is 11.7 Å². The second-order valence-electron chi connectivity index (χ2n) is 12.6. The Labute approximate surface area is 255 Å². The van der Waals surface area contributed by atoms with Crippen molar-refractivity contribution in [2.24, 2.45) is 17.4 Å². The summed E-state index contributed by atoms with van der Waals surface area (Å²) >= 11 is 0. The normalized spacial score (nSPS) is 24.3. The maximum absolute atomic E-state index is 14.1. The van der Waals surface area contributed by atoms with Crippen LogP contribution in [0.15, 0.2) is 6.20 Å². The molecule has 0 unspecified atom stereocenters. The van der Waals surface area contributed by atoms with Gasteiger partial charge in [0.05, 0.1) is 29.4 Å². The lowest BCUT2D eigenvalue weighted by atomic mass is 9.85. The molecule has 4 rings (SSSR count). The summed E-state index contributed by atoms with van der Waals surface area (Å²) in [7, 11) is -3.51. The van der Waals surface area contributed by atoms with Crippen molar-refractivity contribution in [2.75, 3.05) is 18.1 Å². The quantitative estimate of drug-likeness (QED) is 0.231. The molecule has 4 amide bonds. The van der Waals surface area contributed by atoms with E-state index in [0.717, 1.165) is 32.1 Å². The zero-order valence-electron chi connectivity index (χ0n) is 24.9. The molecule has 2 aliphatic heterocycles. The number of nitrogens with two attached hydrogens (primary N) is 2. The highest BCUT2D eigenvalue weighted by Crippen LogP contribution is 2.35. The second-order valence-corrected chi connectivity index (χ2v) is 14.9. The number of hydrogen-bond acceptors (Lipinski definition) is 11. The molecule has 0 spiro atoms. The molecule has 1 saturated carbocycles. The van der Waals surface area contributed by atoms with Gasteiger partial charge in [-0.25, -0.2) is 17.9 Å². The summed E-state index contributed by atoms with van der Waals surface area (Å²) in [6, 6.07) is -1.93. The van der Waals surface area contributed by atoms with Crippen molar-refractivity contribution in [2.45, 2.75) is 101 Å². The molecule has 244 valence electrons. The van der Waals surface area contributed by atoms with E-state index >= 15 is 0 Å². The molecule has 3 fully saturated rings. The predicted octanol–water partition coefficient (Wildman–Crippen LogP) is -0.800. The van der Waals surface area contributed by atoms with E-state index in [4.69, 9.17) is 16.2 Å². The molecule has 44 heavy (non-hydrogen) atoms. The molecule has 17 heteroatoms. The number of rotatable bonds is 10. The van der Waals surface area contributed by atoms with Crippen molar-refractivity contribution in [1.82, 2.24) is 25.2 Å². The molecular weight excluding hydrogens is 598 g/mol. The first kappa shape index (κ1) is 33.3. The van der Waals surface area contributed by atoms with E-state index in [1.165, 1.54) is 29.6 Å². The number of aromatic nitrogens is 3. The van der Waals surface area contributed by atoms with E-state index < -0.39 is 80.3 Å². The summed E-state index contributed by atoms with van der Waals surface area (Å²) in [5, 5.41) is 21.2. The topological polar surface area (TPSA) is 247 Å². The minimum Gasteiger partial charge on any atom is -0.436 e. The molecule has 0 bridgehead atoms. The Kier molecular flexibility index (Phi) is 9.68. The number of nitrogens with one attached hydrogen (secondary N) is 1. The SMILES string of the molecule is CC(C)(O)c1cnnn1[C@H]1C[C@@H](C(=O)NC2(C(=O)C(N)=O)CCS(=O)(=O)CC2)N(C(=O)[C@@H](CC2CCCCC2)OC(N)=O)C1. The first-order chi connectivity index (χ1) is 20.5. The lowest BCUT2D eigenvalue weighted by molar-refractivity contribution is -0.148. The summed E-state index contributed by atoms with van der Waals surface area (Å²) in [5.74, 6) is -4.78. The van der Waals surface area contributed by atoms with Gasteiger partial charge in [-0.05, 0) is 39.0 Å². The van der Waals surface area contributed by atoms with Crippen molar-refractivity contribution < 1.29 is 42.2 Å². The molecule has 0 radical (unpaired) electrons. The third-order valence-corrected chi connectivity index (χ3v) is 10.6. The van der Waals surface area contributed by atoms with Gasteiger partial charge in [0.15, 0.2) is 15.9 Å². The van der Waals surface area contributed by atoms with E-state index in [1.54, 1.807) is 0 Å². The fourth-order valence-electron chi connectivity index (χ4n) is 6.54. The zero-order valence-corrected chi connectivity index (χ0v) is 25.8. The van der Waals surface area contributed by atoms with Gasteiger partial charge in [0.25, 0.3) is 11.8 Å². The van der Waals surface area contributed by atoms with Gasteiger partial charge in [-0.2, -0.15) is 0 Å². The van der Waals surface area contributed by atoms with Gasteiger partial charge in [0, 0.05) is 13.0 Å². The van der Waals surface area contributed by atoms with Gasteiger partial charge in [-0.1, -0.05) is 37.3 Å². The van der Waals surface area contributed by atoms with Crippen LogP contribution in [0.3, 0.4) is 0 Å². The maximum atomic E-state index is 14.1. The van der Waals surface area contributed by atoms with Crippen molar-refractivity contribution in [3.8, 4) is 0 Å². The average molecular weight is 640 g/mol. The van der Waals surface area contributed by atoms with E-state index in [1.807, 2.05) is 0 Å². The smallest absolute Gasteiger partial charge is 0.405 e. The van der Waals surface area contributed by atoms with Gasteiger partial charge < -0.3 is 31.5 Å².